The van der Waals surface area contributed by atoms with Crippen LogP contribution in [0.25, 0.3) is 0 Å². The molecule has 3 heteroatoms. The highest BCUT2D eigenvalue weighted by atomic mass is 16.5. The molecule has 0 radical (unpaired) electrons. The fraction of sp³-hybridized carbons (Fsp3) is 0.381. The van der Waals surface area contributed by atoms with Crippen LogP contribution in [0.15, 0.2) is 48.5 Å². The van der Waals surface area contributed by atoms with Crippen molar-refractivity contribution in [2.45, 2.75) is 46.0 Å². The zero-order valence-electron chi connectivity index (χ0n) is 14.7. The number of rotatable bonds is 9. The van der Waals surface area contributed by atoms with E-state index in [2.05, 4.69) is 43.4 Å². The number of aryl methyl sites for hydroxylation is 2. The van der Waals surface area contributed by atoms with Gasteiger partial charge in [0.05, 0.1) is 13.0 Å². The van der Waals surface area contributed by atoms with Crippen LogP contribution >= 0.6 is 0 Å². The molecule has 2 aromatic carbocycles. The number of nitrogens with one attached hydrogen (secondary N) is 1. The number of carbonyl (C=O) groups is 1. The molecule has 2 aromatic rings. The van der Waals surface area contributed by atoms with Gasteiger partial charge in [0.15, 0.2) is 0 Å². The van der Waals surface area contributed by atoms with Crippen LogP contribution in [0, 0.1) is 0 Å². The van der Waals surface area contributed by atoms with Crippen molar-refractivity contribution in [3.05, 3.63) is 59.7 Å². The van der Waals surface area contributed by atoms with Gasteiger partial charge in [0.1, 0.15) is 5.75 Å². The Morgan fingerprint density at radius 2 is 1.62 bits per heavy atom. The lowest BCUT2D eigenvalue weighted by Gasteiger charge is -2.08. The van der Waals surface area contributed by atoms with Gasteiger partial charge in [-0.05, 0) is 54.7 Å². The van der Waals surface area contributed by atoms with Crippen LogP contribution in [0.2, 0.25) is 0 Å². The van der Waals surface area contributed by atoms with E-state index in [0.717, 1.165) is 24.3 Å². The fourth-order valence-electron chi connectivity index (χ4n) is 2.44. The maximum Gasteiger partial charge on any atom is 0.227 e. The Morgan fingerprint density at radius 3 is 2.25 bits per heavy atom. The monoisotopic (exact) mass is 325 g/mol. The standard InChI is InChI=1S/C21H27NO2/c1-3-5-6-18-7-11-19(12-8-18)22-21(23)15-16-24-20-13-9-17(4-2)10-14-20/h7-14H,3-6,15-16H2,1-2H3,(H,22,23). The molecule has 0 spiro atoms. The topological polar surface area (TPSA) is 38.3 Å². The van der Waals surface area contributed by atoms with E-state index in [-0.39, 0.29) is 5.91 Å². The van der Waals surface area contributed by atoms with Crippen molar-refractivity contribution in [3.63, 3.8) is 0 Å². The van der Waals surface area contributed by atoms with Crippen LogP contribution in [0.5, 0.6) is 5.75 Å². The van der Waals surface area contributed by atoms with Gasteiger partial charge in [-0.25, -0.2) is 0 Å². The number of hydrogen-bond acceptors (Lipinski definition) is 2. The van der Waals surface area contributed by atoms with Crippen LogP contribution in [-0.4, -0.2) is 12.5 Å². The Bertz CT molecular complexity index is 617. The minimum Gasteiger partial charge on any atom is -0.493 e. The third-order valence-corrected chi connectivity index (χ3v) is 3.99. The number of unbranched alkanes of at least 4 members (excludes halogenated alkanes) is 1. The predicted molar refractivity (Wildman–Crippen MR) is 99.6 cm³/mol. The first-order valence-electron chi connectivity index (χ1n) is 8.81. The van der Waals surface area contributed by atoms with Gasteiger partial charge >= 0.3 is 0 Å². The van der Waals surface area contributed by atoms with Gasteiger partial charge in [0, 0.05) is 5.69 Å². The second-order valence-electron chi connectivity index (χ2n) is 5.94. The first kappa shape index (κ1) is 18.1. The van der Waals surface area contributed by atoms with E-state index >= 15 is 0 Å². The molecule has 0 saturated carbocycles. The minimum atomic E-state index is -0.0264. The maximum atomic E-state index is 12.0. The van der Waals surface area contributed by atoms with E-state index in [1.54, 1.807) is 0 Å². The van der Waals surface area contributed by atoms with Crippen LogP contribution in [-0.2, 0) is 17.6 Å². The highest BCUT2D eigenvalue weighted by molar-refractivity contribution is 5.90. The Hall–Kier alpha value is -2.29. The number of amides is 1. The van der Waals surface area contributed by atoms with Crippen LogP contribution < -0.4 is 10.1 Å². The molecule has 2 rings (SSSR count). The summed E-state index contributed by atoms with van der Waals surface area (Å²) in [6.07, 6.45) is 4.84. The molecule has 0 aromatic heterocycles. The molecular weight excluding hydrogens is 298 g/mol. The predicted octanol–water partition coefficient (Wildman–Crippen LogP) is 5.00. The van der Waals surface area contributed by atoms with Crippen LogP contribution in [0.3, 0.4) is 0 Å². The van der Waals surface area contributed by atoms with Gasteiger partial charge in [0.25, 0.3) is 0 Å². The second-order valence-corrected chi connectivity index (χ2v) is 5.94. The average Bonchev–Trinajstić information content (AvgIpc) is 2.62. The van der Waals surface area contributed by atoms with Crippen molar-refractivity contribution in [2.24, 2.45) is 0 Å². The summed E-state index contributed by atoms with van der Waals surface area (Å²) in [6, 6.07) is 16.1. The lowest BCUT2D eigenvalue weighted by Crippen LogP contribution is -2.15. The Kier molecular flexibility index (Phi) is 7.34. The third kappa shape index (κ3) is 6.07. The van der Waals surface area contributed by atoms with Gasteiger partial charge in [-0.3, -0.25) is 4.79 Å². The lowest BCUT2D eigenvalue weighted by atomic mass is 10.1. The molecule has 0 atom stereocenters. The Morgan fingerprint density at radius 1 is 0.958 bits per heavy atom. The van der Waals surface area contributed by atoms with Gasteiger partial charge in [-0.15, -0.1) is 0 Å². The summed E-state index contributed by atoms with van der Waals surface area (Å²) in [5.41, 5.74) is 3.43. The first-order chi connectivity index (χ1) is 11.7. The smallest absolute Gasteiger partial charge is 0.227 e. The Labute approximate surface area is 145 Å². The van der Waals surface area contributed by atoms with Crippen molar-refractivity contribution in [1.29, 1.82) is 0 Å². The molecule has 0 unspecified atom stereocenters. The number of ether oxygens (including phenoxy) is 1. The largest absolute Gasteiger partial charge is 0.493 e. The first-order valence-corrected chi connectivity index (χ1v) is 8.81. The summed E-state index contributed by atoms with van der Waals surface area (Å²) in [4.78, 5) is 12.0. The SMILES string of the molecule is CCCCc1ccc(NC(=O)CCOc2ccc(CC)cc2)cc1. The van der Waals surface area contributed by atoms with Gasteiger partial charge in [-0.1, -0.05) is 44.5 Å². The van der Waals surface area contributed by atoms with Crippen LogP contribution in [0.4, 0.5) is 5.69 Å². The number of carbonyl (C=O) groups excluding carboxylic acids is 1. The van der Waals surface area contributed by atoms with Gasteiger partial charge < -0.3 is 10.1 Å². The minimum absolute atomic E-state index is 0.0264. The zero-order valence-corrected chi connectivity index (χ0v) is 14.7. The highest BCUT2D eigenvalue weighted by Crippen LogP contribution is 2.14. The molecule has 24 heavy (non-hydrogen) atoms. The second kappa shape index (κ2) is 9.76. The summed E-state index contributed by atoms with van der Waals surface area (Å²) in [6.45, 7) is 4.69. The molecule has 0 heterocycles. The lowest BCUT2D eigenvalue weighted by molar-refractivity contribution is -0.116. The number of anilines is 1. The third-order valence-electron chi connectivity index (χ3n) is 3.99. The van der Waals surface area contributed by atoms with E-state index < -0.39 is 0 Å². The van der Waals surface area contributed by atoms with Crippen molar-refractivity contribution < 1.29 is 9.53 Å². The summed E-state index contributed by atoms with van der Waals surface area (Å²) >= 11 is 0. The molecule has 0 bridgehead atoms. The van der Waals surface area contributed by atoms with E-state index in [0.29, 0.717) is 13.0 Å². The number of benzene rings is 2. The number of hydrogen-bond donors (Lipinski definition) is 1. The van der Waals surface area contributed by atoms with Gasteiger partial charge in [0.2, 0.25) is 5.91 Å². The molecular formula is C21H27NO2. The summed E-state index contributed by atoms with van der Waals surface area (Å²) < 4.78 is 5.62. The van der Waals surface area contributed by atoms with Crippen molar-refractivity contribution in [1.82, 2.24) is 0 Å². The molecule has 128 valence electrons. The average molecular weight is 325 g/mol. The summed E-state index contributed by atoms with van der Waals surface area (Å²) in [5.74, 6) is 0.779. The molecule has 0 aliphatic rings. The Balaban J connectivity index is 1.72. The van der Waals surface area contributed by atoms with E-state index in [1.165, 1.54) is 24.0 Å². The summed E-state index contributed by atoms with van der Waals surface area (Å²) in [5, 5.41) is 2.91. The fourth-order valence-corrected chi connectivity index (χ4v) is 2.44. The van der Waals surface area contributed by atoms with Crippen molar-refractivity contribution >= 4 is 11.6 Å². The summed E-state index contributed by atoms with van der Waals surface area (Å²) in [7, 11) is 0. The quantitative estimate of drug-likeness (QED) is 0.704. The van der Waals surface area contributed by atoms with Crippen molar-refractivity contribution in [3.8, 4) is 5.75 Å². The van der Waals surface area contributed by atoms with E-state index in [9.17, 15) is 4.79 Å². The zero-order chi connectivity index (χ0) is 17.2. The molecule has 1 N–H and O–H groups in total. The van der Waals surface area contributed by atoms with Crippen LogP contribution in [0.1, 0.15) is 44.2 Å². The maximum absolute atomic E-state index is 12.0. The normalized spacial score (nSPS) is 10.4. The van der Waals surface area contributed by atoms with E-state index in [1.807, 2.05) is 24.3 Å². The molecule has 0 aliphatic carbocycles. The van der Waals surface area contributed by atoms with Gasteiger partial charge in [-0.2, -0.15) is 0 Å². The molecule has 1 amide bonds. The van der Waals surface area contributed by atoms with E-state index in [4.69, 9.17) is 4.74 Å². The molecule has 0 aliphatic heterocycles. The molecule has 0 fully saturated rings. The highest BCUT2D eigenvalue weighted by Gasteiger charge is 2.03. The molecule has 3 nitrogen and oxygen atoms in total. The van der Waals surface area contributed by atoms with Crippen molar-refractivity contribution in [2.75, 3.05) is 11.9 Å². The molecule has 0 saturated heterocycles.